The Hall–Kier alpha value is -1.62. The number of anilines is 1. The average Bonchev–Trinajstić information content (AvgIpc) is 2.85. The first-order valence-corrected chi connectivity index (χ1v) is 7.17. The van der Waals surface area contributed by atoms with Crippen LogP contribution in [0.1, 0.15) is 47.8 Å². The van der Waals surface area contributed by atoms with Crippen LogP contribution < -0.4 is 5.32 Å². The van der Waals surface area contributed by atoms with E-state index in [1.54, 1.807) is 13.2 Å². The van der Waals surface area contributed by atoms with Crippen LogP contribution in [0.3, 0.4) is 0 Å². The zero-order chi connectivity index (χ0) is 14.5. The van der Waals surface area contributed by atoms with Gasteiger partial charge in [0.1, 0.15) is 11.4 Å². The van der Waals surface area contributed by atoms with Gasteiger partial charge in [-0.15, -0.1) is 0 Å². The number of carboxylic acid groups (broad SMARTS) is 1. The first-order chi connectivity index (χ1) is 9.65. The molecule has 1 aliphatic rings. The minimum Gasteiger partial charge on any atom is -0.478 e. The lowest BCUT2D eigenvalue weighted by Gasteiger charge is -2.19. The number of fused-ring (bicyclic) bond motifs is 1. The maximum Gasteiger partial charge on any atom is 0.339 e. The molecule has 2 rings (SSSR count). The monoisotopic (exact) mass is 278 g/mol. The molecule has 0 bridgehead atoms. The van der Waals surface area contributed by atoms with Gasteiger partial charge in [0.05, 0.1) is 12.6 Å². The zero-order valence-electron chi connectivity index (χ0n) is 12.1. The Bertz CT molecular complexity index is 482. The van der Waals surface area contributed by atoms with E-state index in [1.807, 2.05) is 0 Å². The van der Waals surface area contributed by atoms with Crippen molar-refractivity contribution in [1.82, 2.24) is 4.98 Å². The molecule has 0 fully saturated rings. The predicted octanol–water partition coefficient (Wildman–Crippen LogP) is 2.50. The Labute approximate surface area is 119 Å². The first kappa shape index (κ1) is 14.8. The Morgan fingerprint density at radius 3 is 3.00 bits per heavy atom. The number of nitrogens with one attached hydrogen (secondary N) is 1. The van der Waals surface area contributed by atoms with Crippen LogP contribution in [-0.2, 0) is 17.6 Å². The van der Waals surface area contributed by atoms with Crippen molar-refractivity contribution in [3.8, 4) is 0 Å². The lowest BCUT2D eigenvalue weighted by Crippen LogP contribution is -2.26. The molecule has 1 aromatic heterocycles. The largest absolute Gasteiger partial charge is 0.478 e. The Morgan fingerprint density at radius 1 is 1.55 bits per heavy atom. The number of pyridine rings is 1. The van der Waals surface area contributed by atoms with Gasteiger partial charge >= 0.3 is 5.97 Å². The molecule has 1 heterocycles. The molecular weight excluding hydrogens is 256 g/mol. The van der Waals surface area contributed by atoms with Crippen molar-refractivity contribution in [3.63, 3.8) is 0 Å². The van der Waals surface area contributed by atoms with Crippen LogP contribution in [0, 0.1) is 0 Å². The summed E-state index contributed by atoms with van der Waals surface area (Å²) >= 11 is 0. The van der Waals surface area contributed by atoms with Crippen LogP contribution in [-0.4, -0.2) is 35.8 Å². The second-order valence-electron chi connectivity index (χ2n) is 5.23. The van der Waals surface area contributed by atoms with E-state index in [2.05, 4.69) is 17.2 Å². The minimum absolute atomic E-state index is 0.0926. The van der Waals surface area contributed by atoms with E-state index in [9.17, 15) is 9.90 Å². The molecule has 5 heteroatoms. The van der Waals surface area contributed by atoms with Gasteiger partial charge in [-0.3, -0.25) is 0 Å². The number of hydrogen-bond donors (Lipinski definition) is 2. The van der Waals surface area contributed by atoms with E-state index in [4.69, 9.17) is 4.74 Å². The number of hydrogen-bond acceptors (Lipinski definition) is 4. The van der Waals surface area contributed by atoms with Crippen LogP contribution in [0.4, 0.5) is 5.82 Å². The SMILES string of the molecule is CCCC(COC)Nc1nc2c(cc1C(=O)O)CCC2. The van der Waals surface area contributed by atoms with Crippen molar-refractivity contribution in [1.29, 1.82) is 0 Å². The third-order valence-corrected chi connectivity index (χ3v) is 3.63. The number of carboxylic acids is 1. The van der Waals surface area contributed by atoms with Crippen molar-refractivity contribution in [2.24, 2.45) is 0 Å². The molecule has 0 saturated carbocycles. The van der Waals surface area contributed by atoms with E-state index in [-0.39, 0.29) is 11.6 Å². The molecule has 5 nitrogen and oxygen atoms in total. The third kappa shape index (κ3) is 3.28. The van der Waals surface area contributed by atoms with Gasteiger partial charge < -0.3 is 15.2 Å². The number of ether oxygens (including phenoxy) is 1. The molecule has 0 spiro atoms. The van der Waals surface area contributed by atoms with E-state index in [0.717, 1.165) is 43.4 Å². The number of nitrogens with zero attached hydrogens (tertiary/aromatic N) is 1. The van der Waals surface area contributed by atoms with Crippen molar-refractivity contribution >= 4 is 11.8 Å². The van der Waals surface area contributed by atoms with Gasteiger partial charge in [0, 0.05) is 12.8 Å². The molecule has 0 aromatic carbocycles. The average molecular weight is 278 g/mol. The summed E-state index contributed by atoms with van der Waals surface area (Å²) < 4.78 is 5.18. The summed E-state index contributed by atoms with van der Waals surface area (Å²) in [6, 6.07) is 1.87. The summed E-state index contributed by atoms with van der Waals surface area (Å²) in [6.45, 7) is 2.64. The number of carbonyl (C=O) groups is 1. The number of aromatic carboxylic acids is 1. The third-order valence-electron chi connectivity index (χ3n) is 3.63. The molecule has 1 unspecified atom stereocenters. The molecule has 0 aliphatic heterocycles. The van der Waals surface area contributed by atoms with E-state index < -0.39 is 5.97 Å². The quantitative estimate of drug-likeness (QED) is 0.801. The first-order valence-electron chi connectivity index (χ1n) is 7.17. The number of aromatic nitrogens is 1. The molecule has 0 radical (unpaired) electrons. The van der Waals surface area contributed by atoms with Crippen LogP contribution in [0.15, 0.2) is 6.07 Å². The normalized spacial score (nSPS) is 14.9. The van der Waals surface area contributed by atoms with Crippen molar-refractivity contribution in [2.75, 3.05) is 19.0 Å². The summed E-state index contributed by atoms with van der Waals surface area (Å²) in [5, 5.41) is 12.6. The lowest BCUT2D eigenvalue weighted by molar-refractivity contribution is 0.0697. The molecule has 1 atom stereocenters. The van der Waals surface area contributed by atoms with Crippen molar-refractivity contribution in [2.45, 2.75) is 45.1 Å². The molecule has 20 heavy (non-hydrogen) atoms. The summed E-state index contributed by atoms with van der Waals surface area (Å²) in [4.78, 5) is 15.9. The second-order valence-corrected chi connectivity index (χ2v) is 5.23. The fourth-order valence-electron chi connectivity index (χ4n) is 2.69. The maximum absolute atomic E-state index is 11.4. The van der Waals surface area contributed by atoms with Crippen molar-refractivity contribution in [3.05, 3.63) is 22.9 Å². The highest BCUT2D eigenvalue weighted by Gasteiger charge is 2.21. The van der Waals surface area contributed by atoms with Crippen LogP contribution in [0.5, 0.6) is 0 Å². The molecule has 0 saturated heterocycles. The molecule has 110 valence electrons. The summed E-state index contributed by atoms with van der Waals surface area (Å²) in [5.74, 6) is -0.448. The fraction of sp³-hybridized carbons (Fsp3) is 0.600. The Morgan fingerprint density at radius 2 is 2.35 bits per heavy atom. The van der Waals surface area contributed by atoms with E-state index in [1.165, 1.54) is 0 Å². The predicted molar refractivity (Wildman–Crippen MR) is 77.4 cm³/mol. The van der Waals surface area contributed by atoms with Gasteiger partial charge in [-0.1, -0.05) is 13.3 Å². The smallest absolute Gasteiger partial charge is 0.339 e. The van der Waals surface area contributed by atoms with Crippen LogP contribution >= 0.6 is 0 Å². The molecule has 1 aliphatic carbocycles. The van der Waals surface area contributed by atoms with Gasteiger partial charge in [0.15, 0.2) is 0 Å². The molecule has 2 N–H and O–H groups in total. The topological polar surface area (TPSA) is 71.5 Å². The number of aryl methyl sites for hydroxylation is 2. The van der Waals surface area contributed by atoms with Gasteiger partial charge in [-0.05, 0) is 37.3 Å². The Kier molecular flexibility index (Phi) is 4.95. The van der Waals surface area contributed by atoms with E-state index >= 15 is 0 Å². The highest BCUT2D eigenvalue weighted by molar-refractivity contribution is 5.93. The Balaban J connectivity index is 2.26. The molecule has 0 amide bonds. The van der Waals surface area contributed by atoms with Gasteiger partial charge in [-0.2, -0.15) is 0 Å². The highest BCUT2D eigenvalue weighted by atomic mass is 16.5. The summed E-state index contributed by atoms with van der Waals surface area (Å²) in [7, 11) is 1.65. The standard InChI is InChI=1S/C15H22N2O3/c1-3-5-11(9-20-2)16-14-12(15(18)19)8-10-6-4-7-13(10)17-14/h8,11H,3-7,9H2,1-2H3,(H,16,17)(H,18,19). The lowest BCUT2D eigenvalue weighted by atomic mass is 10.1. The van der Waals surface area contributed by atoms with Gasteiger partial charge in [0.25, 0.3) is 0 Å². The zero-order valence-corrected chi connectivity index (χ0v) is 12.1. The number of methoxy groups -OCH3 is 1. The summed E-state index contributed by atoms with van der Waals surface area (Å²) in [6.07, 6.45) is 4.85. The number of rotatable bonds is 7. The van der Waals surface area contributed by atoms with Crippen LogP contribution in [0.25, 0.3) is 0 Å². The summed E-state index contributed by atoms with van der Waals surface area (Å²) in [5.41, 5.74) is 2.37. The maximum atomic E-state index is 11.4. The minimum atomic E-state index is -0.928. The van der Waals surface area contributed by atoms with Crippen molar-refractivity contribution < 1.29 is 14.6 Å². The second kappa shape index (κ2) is 6.70. The van der Waals surface area contributed by atoms with Crippen LogP contribution in [0.2, 0.25) is 0 Å². The van der Waals surface area contributed by atoms with Gasteiger partial charge in [-0.25, -0.2) is 9.78 Å². The van der Waals surface area contributed by atoms with E-state index in [0.29, 0.717) is 12.4 Å². The fourth-order valence-corrected chi connectivity index (χ4v) is 2.69. The molecule has 1 aromatic rings. The van der Waals surface area contributed by atoms with Gasteiger partial charge in [0.2, 0.25) is 0 Å². The molecular formula is C15H22N2O3. The highest BCUT2D eigenvalue weighted by Crippen LogP contribution is 2.26.